The highest BCUT2D eigenvalue weighted by Gasteiger charge is 2.21. The van der Waals surface area contributed by atoms with Crippen molar-refractivity contribution in [3.8, 4) is 11.3 Å². The van der Waals surface area contributed by atoms with Gasteiger partial charge in [0.2, 0.25) is 0 Å². The Morgan fingerprint density at radius 3 is 2.70 bits per heavy atom. The Balaban J connectivity index is 1.72. The molecule has 0 radical (unpaired) electrons. The molecule has 6 rings (SSSR count). The zero-order valence-corrected chi connectivity index (χ0v) is 18.9. The third-order valence-electron chi connectivity index (χ3n) is 5.79. The molecule has 4 heterocycles. The summed E-state index contributed by atoms with van der Waals surface area (Å²) >= 11 is 3.52. The van der Waals surface area contributed by atoms with E-state index in [1.54, 1.807) is 17.7 Å². The van der Waals surface area contributed by atoms with Crippen LogP contribution in [0.3, 0.4) is 0 Å². The van der Waals surface area contributed by atoms with E-state index in [9.17, 15) is 0 Å². The fourth-order valence-electron chi connectivity index (χ4n) is 4.25. The Morgan fingerprint density at radius 2 is 1.87 bits per heavy atom. The Kier molecular flexibility index (Phi) is 3.68. The molecular formula is C25H20N2OS2. The topological polar surface area (TPSA) is 38.9 Å². The van der Waals surface area contributed by atoms with Gasteiger partial charge in [-0.15, -0.1) is 22.7 Å². The molecule has 0 bridgehead atoms. The summed E-state index contributed by atoms with van der Waals surface area (Å²) in [5, 5.41) is 6.94. The van der Waals surface area contributed by atoms with Crippen LogP contribution in [0.1, 0.15) is 31.9 Å². The Bertz CT molecular complexity index is 1590. The predicted molar refractivity (Wildman–Crippen MR) is 129 cm³/mol. The molecule has 0 atom stereocenters. The standard InChI is InChI=1S/C25H20N2OS2/c1-13-11-28-19-10-20-17(9-16(13)19)21-22(26-12-27-24(21)30-20)15-7-14-5-6-29-23(14)18(8-15)25(2,3)4/h5-12H,1-4H3. The van der Waals surface area contributed by atoms with Gasteiger partial charge in [0.05, 0.1) is 12.0 Å². The van der Waals surface area contributed by atoms with Crippen LogP contribution in [0, 0.1) is 6.92 Å². The van der Waals surface area contributed by atoms with Crippen LogP contribution in [0.25, 0.3) is 52.6 Å². The van der Waals surface area contributed by atoms with E-state index >= 15 is 0 Å². The quantitative estimate of drug-likeness (QED) is 0.266. The molecule has 148 valence electrons. The summed E-state index contributed by atoms with van der Waals surface area (Å²) in [6, 6.07) is 11.2. The third-order valence-corrected chi connectivity index (χ3v) is 7.81. The molecule has 4 aromatic heterocycles. The molecular weight excluding hydrogens is 408 g/mol. The molecule has 0 N–H and O–H groups in total. The maximum absolute atomic E-state index is 5.73. The molecule has 0 saturated carbocycles. The molecule has 30 heavy (non-hydrogen) atoms. The normalized spacial score (nSPS) is 12.7. The molecule has 0 aliphatic carbocycles. The third kappa shape index (κ3) is 2.55. The molecule has 2 aromatic carbocycles. The minimum atomic E-state index is 0.0576. The van der Waals surface area contributed by atoms with Gasteiger partial charge in [-0.25, -0.2) is 9.97 Å². The first kappa shape index (κ1) is 18.0. The van der Waals surface area contributed by atoms with Gasteiger partial charge in [-0.05, 0) is 64.6 Å². The van der Waals surface area contributed by atoms with Crippen molar-refractivity contribution in [1.82, 2.24) is 9.97 Å². The lowest BCUT2D eigenvalue weighted by molar-refractivity contribution is 0.597. The number of aromatic nitrogens is 2. The highest BCUT2D eigenvalue weighted by Crippen LogP contribution is 2.43. The van der Waals surface area contributed by atoms with Gasteiger partial charge in [0.1, 0.15) is 16.7 Å². The van der Waals surface area contributed by atoms with Crippen molar-refractivity contribution in [2.24, 2.45) is 0 Å². The molecule has 0 amide bonds. The van der Waals surface area contributed by atoms with Crippen LogP contribution >= 0.6 is 22.7 Å². The van der Waals surface area contributed by atoms with Crippen molar-refractivity contribution < 1.29 is 4.42 Å². The number of hydrogen-bond donors (Lipinski definition) is 0. The Morgan fingerprint density at radius 1 is 1.00 bits per heavy atom. The predicted octanol–water partition coefficient (Wildman–Crippen LogP) is 8.08. The lowest BCUT2D eigenvalue weighted by Gasteiger charge is -2.21. The van der Waals surface area contributed by atoms with Gasteiger partial charge in [-0.1, -0.05) is 20.8 Å². The number of benzene rings is 2. The van der Waals surface area contributed by atoms with E-state index in [2.05, 4.69) is 68.4 Å². The molecule has 0 aliphatic rings. The van der Waals surface area contributed by atoms with Crippen molar-refractivity contribution in [2.45, 2.75) is 33.1 Å². The van der Waals surface area contributed by atoms with Crippen molar-refractivity contribution in [1.29, 1.82) is 0 Å². The largest absolute Gasteiger partial charge is 0.464 e. The molecule has 0 fully saturated rings. The SMILES string of the molecule is Cc1coc2cc3sc4ncnc(-c5cc(C(C)(C)C)c6sccc6c5)c4c3cc12. The van der Waals surface area contributed by atoms with Crippen LogP contribution in [0.5, 0.6) is 0 Å². The summed E-state index contributed by atoms with van der Waals surface area (Å²) in [4.78, 5) is 10.4. The maximum Gasteiger partial charge on any atom is 0.135 e. The van der Waals surface area contributed by atoms with E-state index in [-0.39, 0.29) is 5.41 Å². The van der Waals surface area contributed by atoms with Crippen LogP contribution in [-0.2, 0) is 5.41 Å². The van der Waals surface area contributed by atoms with Gasteiger partial charge in [0.25, 0.3) is 0 Å². The number of aryl methyl sites for hydroxylation is 1. The van der Waals surface area contributed by atoms with Crippen LogP contribution in [0.4, 0.5) is 0 Å². The van der Waals surface area contributed by atoms with E-state index in [1.165, 1.54) is 25.7 Å². The zero-order valence-electron chi connectivity index (χ0n) is 17.2. The van der Waals surface area contributed by atoms with Gasteiger partial charge < -0.3 is 4.42 Å². The summed E-state index contributed by atoms with van der Waals surface area (Å²) in [6.07, 6.45) is 3.52. The van der Waals surface area contributed by atoms with Crippen molar-refractivity contribution >= 4 is 64.0 Å². The van der Waals surface area contributed by atoms with Crippen molar-refractivity contribution in [3.05, 3.63) is 59.4 Å². The van der Waals surface area contributed by atoms with Gasteiger partial charge in [0, 0.05) is 31.1 Å². The number of hydrogen-bond acceptors (Lipinski definition) is 5. The van der Waals surface area contributed by atoms with Crippen LogP contribution < -0.4 is 0 Å². The molecule has 0 aliphatic heterocycles. The number of thiophene rings is 2. The first-order valence-electron chi connectivity index (χ1n) is 9.97. The van der Waals surface area contributed by atoms with Gasteiger partial charge in [-0.2, -0.15) is 0 Å². The van der Waals surface area contributed by atoms with Crippen molar-refractivity contribution in [2.75, 3.05) is 0 Å². The summed E-state index contributed by atoms with van der Waals surface area (Å²) < 4.78 is 8.28. The van der Waals surface area contributed by atoms with Crippen molar-refractivity contribution in [3.63, 3.8) is 0 Å². The number of rotatable bonds is 1. The molecule has 5 heteroatoms. The van der Waals surface area contributed by atoms with E-state index < -0.39 is 0 Å². The van der Waals surface area contributed by atoms with E-state index in [1.807, 2.05) is 17.6 Å². The van der Waals surface area contributed by atoms with Gasteiger partial charge >= 0.3 is 0 Å². The monoisotopic (exact) mass is 428 g/mol. The van der Waals surface area contributed by atoms with Crippen LogP contribution in [0.2, 0.25) is 0 Å². The second-order valence-electron chi connectivity index (χ2n) is 8.88. The first-order valence-corrected chi connectivity index (χ1v) is 11.7. The summed E-state index contributed by atoms with van der Waals surface area (Å²) in [5.74, 6) is 0. The van der Waals surface area contributed by atoms with Gasteiger partial charge in [-0.3, -0.25) is 0 Å². The zero-order chi connectivity index (χ0) is 20.6. The second kappa shape index (κ2) is 6.13. The number of nitrogens with zero attached hydrogens (tertiary/aromatic N) is 2. The molecule has 0 spiro atoms. The average molecular weight is 429 g/mol. The molecule has 3 nitrogen and oxygen atoms in total. The number of furan rings is 1. The average Bonchev–Trinajstić information content (AvgIpc) is 3.41. The maximum atomic E-state index is 5.73. The molecule has 0 saturated heterocycles. The Labute approximate surface area is 182 Å². The van der Waals surface area contributed by atoms with Crippen LogP contribution in [-0.4, -0.2) is 9.97 Å². The molecule has 6 aromatic rings. The first-order chi connectivity index (χ1) is 14.4. The Hall–Kier alpha value is -2.76. The minimum Gasteiger partial charge on any atom is -0.464 e. The van der Waals surface area contributed by atoms with Gasteiger partial charge in [0.15, 0.2) is 0 Å². The van der Waals surface area contributed by atoms with E-state index in [0.717, 1.165) is 38.0 Å². The molecule has 0 unspecified atom stereocenters. The fourth-order valence-corrected chi connectivity index (χ4v) is 6.41. The highest BCUT2D eigenvalue weighted by atomic mass is 32.1. The second-order valence-corrected chi connectivity index (χ2v) is 10.8. The van der Waals surface area contributed by atoms with E-state index in [0.29, 0.717) is 0 Å². The highest BCUT2D eigenvalue weighted by molar-refractivity contribution is 7.25. The lowest BCUT2D eigenvalue weighted by atomic mass is 9.85. The lowest BCUT2D eigenvalue weighted by Crippen LogP contribution is -2.11. The van der Waals surface area contributed by atoms with E-state index in [4.69, 9.17) is 9.40 Å². The summed E-state index contributed by atoms with van der Waals surface area (Å²) in [7, 11) is 0. The summed E-state index contributed by atoms with van der Waals surface area (Å²) in [5.41, 5.74) is 5.66. The number of fused-ring (bicyclic) bond motifs is 5. The minimum absolute atomic E-state index is 0.0576. The fraction of sp³-hybridized carbons (Fsp3) is 0.200. The summed E-state index contributed by atoms with van der Waals surface area (Å²) in [6.45, 7) is 8.92. The smallest absolute Gasteiger partial charge is 0.135 e. The van der Waals surface area contributed by atoms with Crippen LogP contribution in [0.15, 0.2) is 52.7 Å².